The molecular formula is C22H31N3O2. The van der Waals surface area contributed by atoms with Gasteiger partial charge in [0, 0.05) is 37.8 Å². The zero-order valence-corrected chi connectivity index (χ0v) is 16.3. The third kappa shape index (κ3) is 3.11. The third-order valence-electron chi connectivity index (χ3n) is 6.59. The smallest absolute Gasteiger partial charge is 0.249 e. The fourth-order valence-electron chi connectivity index (χ4n) is 5.71. The van der Waals surface area contributed by atoms with Gasteiger partial charge in [-0.1, -0.05) is 44.2 Å². The molecule has 5 atom stereocenters. The molecule has 146 valence electrons. The summed E-state index contributed by atoms with van der Waals surface area (Å²) < 4.78 is 0. The average molecular weight is 370 g/mol. The largest absolute Gasteiger partial charge is 0.395 e. The number of nitrogens with one attached hydrogen (secondary N) is 1. The van der Waals surface area contributed by atoms with Crippen molar-refractivity contribution in [3.8, 4) is 0 Å². The van der Waals surface area contributed by atoms with Crippen LogP contribution >= 0.6 is 0 Å². The van der Waals surface area contributed by atoms with Crippen LogP contribution in [0.3, 0.4) is 0 Å². The molecule has 1 amide bonds. The van der Waals surface area contributed by atoms with Gasteiger partial charge < -0.3 is 10.4 Å². The van der Waals surface area contributed by atoms with Crippen molar-refractivity contribution >= 4 is 12.1 Å². The zero-order chi connectivity index (χ0) is 19.0. The summed E-state index contributed by atoms with van der Waals surface area (Å²) in [6, 6.07) is 10.8. The Morgan fingerprint density at radius 3 is 2.85 bits per heavy atom. The highest BCUT2D eigenvalue weighted by atomic mass is 16.3. The van der Waals surface area contributed by atoms with E-state index < -0.39 is 5.54 Å². The Balaban J connectivity index is 1.69. The number of aliphatic hydroxyl groups is 1. The van der Waals surface area contributed by atoms with E-state index in [0.29, 0.717) is 24.3 Å². The van der Waals surface area contributed by atoms with Crippen LogP contribution in [0.4, 0.5) is 0 Å². The topological polar surface area (TPSA) is 64.9 Å². The minimum Gasteiger partial charge on any atom is -0.395 e. The molecule has 1 aromatic rings. The molecule has 0 unspecified atom stereocenters. The summed E-state index contributed by atoms with van der Waals surface area (Å²) in [6.07, 6.45) is 4.09. The lowest BCUT2D eigenvalue weighted by atomic mass is 9.59. The Morgan fingerprint density at radius 1 is 1.37 bits per heavy atom. The summed E-state index contributed by atoms with van der Waals surface area (Å²) >= 11 is 0. The summed E-state index contributed by atoms with van der Waals surface area (Å²) in [5, 5.41) is 12.1. The summed E-state index contributed by atoms with van der Waals surface area (Å²) in [6.45, 7) is 6.71. The average Bonchev–Trinajstić information content (AvgIpc) is 2.91. The lowest BCUT2D eigenvalue weighted by Crippen LogP contribution is -2.66. The van der Waals surface area contributed by atoms with Gasteiger partial charge in [-0.2, -0.15) is 0 Å². The monoisotopic (exact) mass is 369 g/mol. The number of nitrogens with zero attached hydrogens (tertiary/aromatic N) is 2. The normalized spacial score (nSPS) is 34.4. The van der Waals surface area contributed by atoms with Gasteiger partial charge in [-0.25, -0.2) is 0 Å². The first-order valence-corrected chi connectivity index (χ1v) is 10.3. The molecule has 27 heavy (non-hydrogen) atoms. The SMILES string of the molecule is CC(C)CN1C[C@@H]2C[C@H]3C=N[C@]2(C(=O)NCCO)[C@@H]1[C@@H]3Cc1ccccc1. The molecule has 2 fully saturated rings. The van der Waals surface area contributed by atoms with E-state index in [0.717, 1.165) is 25.9 Å². The number of rotatable bonds is 7. The molecule has 4 bridgehead atoms. The summed E-state index contributed by atoms with van der Waals surface area (Å²) in [7, 11) is 0. The molecule has 1 aliphatic carbocycles. The molecule has 1 saturated carbocycles. The van der Waals surface area contributed by atoms with Gasteiger partial charge >= 0.3 is 0 Å². The van der Waals surface area contributed by atoms with Gasteiger partial charge in [0.15, 0.2) is 5.54 Å². The maximum Gasteiger partial charge on any atom is 0.249 e. The van der Waals surface area contributed by atoms with Crippen molar-refractivity contribution < 1.29 is 9.90 Å². The quantitative estimate of drug-likeness (QED) is 0.770. The molecule has 5 nitrogen and oxygen atoms in total. The Hall–Kier alpha value is -1.72. The van der Waals surface area contributed by atoms with Crippen LogP contribution in [0.15, 0.2) is 35.3 Å². The standard InChI is InChI=1S/C22H31N3O2/c1-15(2)13-25-14-18-11-17-12-24-22(18,21(27)23-8-9-26)20(25)19(17)10-16-6-4-3-5-7-16/h3-7,12,15,17-20,26H,8-11,13-14H2,1-2H3,(H,23,27)/t17-,18-,19+,20-,22-/m0/s1. The van der Waals surface area contributed by atoms with Gasteiger partial charge in [0.1, 0.15) is 0 Å². The van der Waals surface area contributed by atoms with E-state index in [4.69, 9.17) is 4.99 Å². The predicted molar refractivity (Wildman–Crippen MR) is 107 cm³/mol. The molecule has 5 rings (SSSR count). The molecule has 0 radical (unpaired) electrons. The first-order valence-electron chi connectivity index (χ1n) is 10.3. The summed E-state index contributed by atoms with van der Waals surface area (Å²) in [5.41, 5.74) is 0.653. The van der Waals surface area contributed by atoms with Gasteiger partial charge in [0.2, 0.25) is 5.91 Å². The van der Waals surface area contributed by atoms with Crippen LogP contribution in [-0.4, -0.2) is 60.0 Å². The Labute approximate surface area is 161 Å². The Morgan fingerprint density at radius 2 is 2.15 bits per heavy atom. The third-order valence-corrected chi connectivity index (χ3v) is 6.59. The number of carbonyl (C=O) groups is 1. The highest BCUT2D eigenvalue weighted by Crippen LogP contribution is 2.54. The number of hydrogen-bond donors (Lipinski definition) is 2. The summed E-state index contributed by atoms with van der Waals surface area (Å²) in [4.78, 5) is 20.7. The first kappa shape index (κ1) is 18.6. The second-order valence-electron chi connectivity index (χ2n) is 8.83. The van der Waals surface area contributed by atoms with Crippen molar-refractivity contribution in [2.75, 3.05) is 26.2 Å². The summed E-state index contributed by atoms with van der Waals surface area (Å²) in [5.74, 6) is 1.70. The molecular weight excluding hydrogens is 338 g/mol. The van der Waals surface area contributed by atoms with Crippen molar-refractivity contribution in [2.45, 2.75) is 38.3 Å². The number of benzene rings is 1. The fourth-order valence-corrected chi connectivity index (χ4v) is 5.71. The van der Waals surface area contributed by atoms with Gasteiger partial charge in [0.25, 0.3) is 0 Å². The Kier molecular flexibility index (Phi) is 5.08. The number of likely N-dealkylation sites (tertiary alicyclic amines) is 1. The lowest BCUT2D eigenvalue weighted by molar-refractivity contribution is -0.131. The van der Waals surface area contributed by atoms with Crippen LogP contribution in [-0.2, 0) is 11.2 Å². The second kappa shape index (κ2) is 7.36. The number of hydrogen-bond acceptors (Lipinski definition) is 4. The molecule has 1 aromatic carbocycles. The maximum absolute atomic E-state index is 13.3. The van der Waals surface area contributed by atoms with Gasteiger partial charge in [-0.05, 0) is 36.2 Å². The highest BCUT2D eigenvalue weighted by molar-refractivity contribution is 5.92. The van der Waals surface area contributed by atoms with E-state index in [2.05, 4.69) is 60.6 Å². The van der Waals surface area contributed by atoms with Crippen molar-refractivity contribution in [3.05, 3.63) is 35.9 Å². The number of amides is 1. The van der Waals surface area contributed by atoms with Crippen LogP contribution in [0.25, 0.3) is 0 Å². The van der Waals surface area contributed by atoms with Crippen LogP contribution in [0, 0.1) is 23.7 Å². The van der Waals surface area contributed by atoms with E-state index in [1.54, 1.807) is 0 Å². The van der Waals surface area contributed by atoms with Gasteiger partial charge in [0.05, 0.1) is 6.61 Å². The maximum atomic E-state index is 13.3. The number of carbonyl (C=O) groups excluding carboxylic acids is 1. The van der Waals surface area contributed by atoms with Crippen LogP contribution < -0.4 is 5.32 Å². The highest BCUT2D eigenvalue weighted by Gasteiger charge is 2.67. The molecule has 0 aromatic heterocycles. The number of aliphatic imine (C=N–C) groups is 1. The van der Waals surface area contributed by atoms with E-state index in [9.17, 15) is 9.90 Å². The van der Waals surface area contributed by atoms with Crippen molar-refractivity contribution in [3.63, 3.8) is 0 Å². The molecule has 5 heteroatoms. The van der Waals surface area contributed by atoms with Crippen LogP contribution in [0.1, 0.15) is 25.8 Å². The van der Waals surface area contributed by atoms with Gasteiger partial charge in [-0.15, -0.1) is 0 Å². The predicted octanol–water partition coefficient (Wildman–Crippen LogP) is 1.75. The van der Waals surface area contributed by atoms with Gasteiger partial charge in [-0.3, -0.25) is 14.7 Å². The van der Waals surface area contributed by atoms with E-state index in [1.807, 2.05) is 0 Å². The molecule has 2 N–H and O–H groups in total. The van der Waals surface area contributed by atoms with Crippen LogP contribution in [0.5, 0.6) is 0 Å². The van der Waals surface area contributed by atoms with Crippen molar-refractivity contribution in [1.29, 1.82) is 0 Å². The molecule has 0 spiro atoms. The molecule has 3 heterocycles. The van der Waals surface area contributed by atoms with Crippen molar-refractivity contribution in [2.24, 2.45) is 28.7 Å². The van der Waals surface area contributed by atoms with E-state index in [1.165, 1.54) is 5.56 Å². The molecule has 1 saturated heterocycles. The van der Waals surface area contributed by atoms with Crippen LogP contribution in [0.2, 0.25) is 0 Å². The van der Waals surface area contributed by atoms with E-state index >= 15 is 0 Å². The minimum absolute atomic E-state index is 0.00488. The zero-order valence-electron chi connectivity index (χ0n) is 16.3. The lowest BCUT2D eigenvalue weighted by Gasteiger charge is -2.51. The minimum atomic E-state index is -0.682. The van der Waals surface area contributed by atoms with E-state index in [-0.39, 0.29) is 24.5 Å². The number of aliphatic hydroxyl groups excluding tert-OH is 1. The second-order valence-corrected chi connectivity index (χ2v) is 8.83. The first-order chi connectivity index (χ1) is 13.1. The molecule has 3 aliphatic heterocycles. The fraction of sp³-hybridized carbons (Fsp3) is 0.636. The van der Waals surface area contributed by atoms with Crippen molar-refractivity contribution in [1.82, 2.24) is 10.2 Å². The Bertz CT molecular complexity index is 705. The molecule has 4 aliphatic rings.